The van der Waals surface area contributed by atoms with Crippen LogP contribution < -0.4 is 10.6 Å². The SMILES string of the molecule is CN1CCC(Nc2nc3cc(C4=CN5C(C(=O)N6CCOCC6)=CNC5C=C4)ccc3o2)CC1. The summed E-state index contributed by atoms with van der Waals surface area (Å²) in [5.74, 6) is 0.0285. The Balaban J connectivity index is 1.20. The molecular weight excluding hydrogens is 432 g/mol. The van der Waals surface area contributed by atoms with Crippen molar-refractivity contribution in [3.63, 3.8) is 0 Å². The van der Waals surface area contributed by atoms with E-state index in [1.807, 2.05) is 40.4 Å². The van der Waals surface area contributed by atoms with Crippen LogP contribution in [0.25, 0.3) is 16.7 Å². The number of nitrogens with one attached hydrogen (secondary N) is 2. The third-order valence-corrected chi connectivity index (χ3v) is 6.99. The Kier molecular flexibility index (Phi) is 5.50. The first-order valence-corrected chi connectivity index (χ1v) is 12.0. The molecule has 2 fully saturated rings. The lowest BCUT2D eigenvalue weighted by molar-refractivity contribution is -0.132. The van der Waals surface area contributed by atoms with Gasteiger partial charge in [0.2, 0.25) is 0 Å². The van der Waals surface area contributed by atoms with Crippen LogP contribution in [0.3, 0.4) is 0 Å². The lowest BCUT2D eigenvalue weighted by atomic mass is 10.0. The van der Waals surface area contributed by atoms with Gasteiger partial charge in [0, 0.05) is 31.5 Å². The van der Waals surface area contributed by atoms with Gasteiger partial charge >= 0.3 is 0 Å². The van der Waals surface area contributed by atoms with Crippen molar-refractivity contribution >= 4 is 28.6 Å². The smallest absolute Gasteiger partial charge is 0.295 e. The molecule has 0 radical (unpaired) electrons. The van der Waals surface area contributed by atoms with Gasteiger partial charge in [-0.1, -0.05) is 12.1 Å². The molecule has 1 aromatic carbocycles. The molecule has 0 saturated carbocycles. The van der Waals surface area contributed by atoms with Gasteiger partial charge in [-0.25, -0.2) is 0 Å². The second kappa shape index (κ2) is 8.81. The van der Waals surface area contributed by atoms with Crippen LogP contribution in [0.15, 0.2) is 52.9 Å². The third kappa shape index (κ3) is 4.05. The summed E-state index contributed by atoms with van der Waals surface area (Å²) in [6.07, 6.45) is 10.1. The molecule has 0 bridgehead atoms. The monoisotopic (exact) mass is 462 g/mol. The predicted octanol–water partition coefficient (Wildman–Crippen LogP) is 2.18. The number of allylic oxidation sites excluding steroid dienone is 2. The molecule has 0 aliphatic carbocycles. The number of amides is 1. The number of carbonyl (C=O) groups excluding carboxylic acids is 1. The fourth-order valence-electron chi connectivity index (χ4n) is 4.92. The summed E-state index contributed by atoms with van der Waals surface area (Å²) in [6.45, 7) is 4.58. The highest BCUT2D eigenvalue weighted by molar-refractivity contribution is 5.94. The zero-order valence-electron chi connectivity index (χ0n) is 19.4. The summed E-state index contributed by atoms with van der Waals surface area (Å²) in [7, 11) is 2.16. The summed E-state index contributed by atoms with van der Waals surface area (Å²) in [4.78, 5) is 24.0. The highest BCUT2D eigenvalue weighted by atomic mass is 16.5. The Morgan fingerprint density at radius 3 is 2.82 bits per heavy atom. The number of morpholine rings is 1. The standard InChI is InChI=1S/C25H30N6O3/c1-29-8-6-19(7-9-29)27-25-28-20-14-17(2-4-22(20)34-25)18-3-5-23-26-15-21(31(23)16-18)24(32)30-10-12-33-13-11-30/h2-5,14-16,19,23,26H,6-13H2,1H3,(H,27,28). The van der Waals surface area contributed by atoms with Gasteiger partial charge in [-0.2, -0.15) is 4.98 Å². The van der Waals surface area contributed by atoms with Crippen LogP contribution in [0, 0.1) is 0 Å². The van der Waals surface area contributed by atoms with Crippen LogP contribution >= 0.6 is 0 Å². The van der Waals surface area contributed by atoms with Gasteiger partial charge in [0.15, 0.2) is 5.58 Å². The number of oxazole rings is 1. The van der Waals surface area contributed by atoms with Crippen LogP contribution in [0.1, 0.15) is 18.4 Å². The molecule has 9 heteroatoms. The van der Waals surface area contributed by atoms with Crippen LogP contribution in [0.4, 0.5) is 6.01 Å². The zero-order valence-corrected chi connectivity index (χ0v) is 19.4. The average Bonchev–Trinajstić information content (AvgIpc) is 3.48. The lowest BCUT2D eigenvalue weighted by Gasteiger charge is -2.31. The molecule has 1 amide bonds. The Bertz CT molecular complexity index is 1170. The predicted molar refractivity (Wildman–Crippen MR) is 130 cm³/mol. The van der Waals surface area contributed by atoms with Crippen LogP contribution in [-0.4, -0.2) is 84.2 Å². The van der Waals surface area contributed by atoms with Crippen molar-refractivity contribution in [3.05, 3.63) is 54.0 Å². The maximum atomic E-state index is 13.1. The van der Waals surface area contributed by atoms with E-state index in [2.05, 4.69) is 34.7 Å². The number of piperidine rings is 1. The minimum atomic E-state index is -0.0511. The highest BCUT2D eigenvalue weighted by Gasteiger charge is 2.32. The fraction of sp³-hybridized carbons (Fsp3) is 0.440. The molecule has 1 atom stereocenters. The quantitative estimate of drug-likeness (QED) is 0.715. The first-order valence-electron chi connectivity index (χ1n) is 12.0. The number of nitrogens with zero attached hydrogens (tertiary/aromatic N) is 4. The van der Waals surface area contributed by atoms with Crippen LogP contribution in [-0.2, 0) is 9.53 Å². The van der Waals surface area contributed by atoms with Gasteiger partial charge in [0.05, 0.1) is 13.2 Å². The van der Waals surface area contributed by atoms with Crippen molar-refractivity contribution < 1.29 is 13.9 Å². The summed E-state index contributed by atoms with van der Waals surface area (Å²) in [5.41, 5.74) is 4.30. The number of carbonyl (C=O) groups is 1. The van der Waals surface area contributed by atoms with E-state index in [0.717, 1.165) is 48.2 Å². The molecule has 0 spiro atoms. The topological polar surface area (TPSA) is 86.1 Å². The van der Waals surface area contributed by atoms with Gasteiger partial charge in [-0.3, -0.25) is 4.79 Å². The Labute approximate surface area is 198 Å². The van der Waals surface area contributed by atoms with Crippen molar-refractivity contribution in [1.82, 2.24) is 25.0 Å². The number of anilines is 1. The van der Waals surface area contributed by atoms with Gasteiger partial charge in [-0.15, -0.1) is 0 Å². The number of fused-ring (bicyclic) bond motifs is 2. The number of benzene rings is 1. The Hall–Kier alpha value is -3.30. The summed E-state index contributed by atoms with van der Waals surface area (Å²) < 4.78 is 11.4. The minimum Gasteiger partial charge on any atom is -0.424 e. The molecule has 4 aliphatic heterocycles. The third-order valence-electron chi connectivity index (χ3n) is 6.99. The molecule has 1 aromatic heterocycles. The summed E-state index contributed by atoms with van der Waals surface area (Å²) in [6, 6.07) is 7.03. The molecule has 6 rings (SSSR count). The van der Waals surface area contributed by atoms with Crippen molar-refractivity contribution in [3.8, 4) is 0 Å². The van der Waals surface area contributed by atoms with E-state index in [4.69, 9.17) is 14.1 Å². The van der Waals surface area contributed by atoms with E-state index in [0.29, 0.717) is 44.1 Å². The second-order valence-corrected chi connectivity index (χ2v) is 9.32. The molecular formula is C25H30N6O3. The Morgan fingerprint density at radius 1 is 1.18 bits per heavy atom. The number of ether oxygens (including phenoxy) is 1. The largest absolute Gasteiger partial charge is 0.424 e. The number of hydrogen-bond acceptors (Lipinski definition) is 8. The fourth-order valence-corrected chi connectivity index (χ4v) is 4.92. The molecule has 178 valence electrons. The maximum Gasteiger partial charge on any atom is 0.295 e. The van der Waals surface area contributed by atoms with Gasteiger partial charge in [-0.05, 0) is 62.3 Å². The maximum absolute atomic E-state index is 13.1. The van der Waals surface area contributed by atoms with Gasteiger partial charge in [0.25, 0.3) is 11.9 Å². The van der Waals surface area contributed by atoms with Crippen LogP contribution in [0.5, 0.6) is 0 Å². The number of rotatable bonds is 4. The molecule has 2 N–H and O–H groups in total. The first kappa shape index (κ1) is 21.2. The van der Waals surface area contributed by atoms with E-state index < -0.39 is 0 Å². The molecule has 2 aromatic rings. The van der Waals surface area contributed by atoms with Crippen molar-refractivity contribution in [2.24, 2.45) is 0 Å². The number of likely N-dealkylation sites (tertiary alicyclic amines) is 1. The molecule has 1 unspecified atom stereocenters. The molecule has 5 heterocycles. The average molecular weight is 463 g/mol. The zero-order chi connectivity index (χ0) is 23.1. The summed E-state index contributed by atoms with van der Waals surface area (Å²) >= 11 is 0. The van der Waals surface area contributed by atoms with Crippen molar-refractivity contribution in [2.75, 3.05) is 51.8 Å². The first-order chi connectivity index (χ1) is 16.6. The van der Waals surface area contributed by atoms with Gasteiger partial charge < -0.3 is 34.5 Å². The van der Waals surface area contributed by atoms with E-state index in [-0.39, 0.29) is 12.1 Å². The molecule has 9 nitrogen and oxygen atoms in total. The molecule has 34 heavy (non-hydrogen) atoms. The summed E-state index contributed by atoms with van der Waals surface area (Å²) in [5, 5.41) is 6.75. The normalized spacial score (nSPS) is 23.5. The lowest BCUT2D eigenvalue weighted by Crippen LogP contribution is -2.44. The van der Waals surface area contributed by atoms with E-state index in [9.17, 15) is 4.79 Å². The molecule has 2 saturated heterocycles. The molecule has 4 aliphatic rings. The van der Waals surface area contributed by atoms with Crippen LogP contribution in [0.2, 0.25) is 0 Å². The van der Waals surface area contributed by atoms with E-state index in [1.54, 1.807) is 0 Å². The Morgan fingerprint density at radius 2 is 2.00 bits per heavy atom. The number of aromatic nitrogens is 1. The van der Waals surface area contributed by atoms with Gasteiger partial charge in [0.1, 0.15) is 17.4 Å². The highest BCUT2D eigenvalue weighted by Crippen LogP contribution is 2.31. The minimum absolute atomic E-state index is 0.0285. The number of hydrogen-bond donors (Lipinski definition) is 2. The van der Waals surface area contributed by atoms with Crippen molar-refractivity contribution in [2.45, 2.75) is 25.0 Å². The van der Waals surface area contributed by atoms with E-state index in [1.165, 1.54) is 0 Å². The van der Waals surface area contributed by atoms with Crippen molar-refractivity contribution in [1.29, 1.82) is 0 Å². The second-order valence-electron chi connectivity index (χ2n) is 9.32. The van der Waals surface area contributed by atoms with E-state index >= 15 is 0 Å².